The average Bonchev–Trinajstić information content (AvgIpc) is 3.03. The van der Waals surface area contributed by atoms with Crippen LogP contribution in [-0.4, -0.2) is 38.5 Å². The highest BCUT2D eigenvalue weighted by Crippen LogP contribution is 2.27. The van der Waals surface area contributed by atoms with Crippen molar-refractivity contribution in [1.82, 2.24) is 4.31 Å². The second-order valence-electron chi connectivity index (χ2n) is 5.32. The summed E-state index contributed by atoms with van der Waals surface area (Å²) in [4.78, 5) is 12.1. The number of furan rings is 1. The Morgan fingerprint density at radius 1 is 1.36 bits per heavy atom. The van der Waals surface area contributed by atoms with Crippen LogP contribution >= 0.6 is 11.6 Å². The first-order valence-electron chi connectivity index (χ1n) is 7.40. The molecule has 0 bridgehead atoms. The molecule has 0 unspecified atom stereocenters. The molecule has 1 aromatic heterocycles. The molecule has 1 heterocycles. The number of amides is 1. The molecule has 0 saturated carbocycles. The minimum atomic E-state index is -3.47. The van der Waals surface area contributed by atoms with Gasteiger partial charge in [-0.25, -0.2) is 8.42 Å². The summed E-state index contributed by atoms with van der Waals surface area (Å²) in [7, 11) is -1.97. The molecular weight excluding hydrogens is 368 g/mol. The fourth-order valence-corrected chi connectivity index (χ4v) is 3.17. The standard InChI is InChI=1S/C16H19ClN2O5S/c1-23-15-6-5-12(10-14(15)17)18-16(20)7-8-19(25(2,21)22)11-13-4-3-9-24-13/h3-6,9-10H,7-8,11H2,1-2H3,(H,18,20). The number of halogens is 1. The molecular formula is C16H19ClN2O5S. The maximum Gasteiger partial charge on any atom is 0.225 e. The van der Waals surface area contributed by atoms with Crippen molar-refractivity contribution in [2.24, 2.45) is 0 Å². The van der Waals surface area contributed by atoms with Crippen LogP contribution in [0.4, 0.5) is 5.69 Å². The van der Waals surface area contributed by atoms with Gasteiger partial charge in [-0.15, -0.1) is 0 Å². The summed E-state index contributed by atoms with van der Waals surface area (Å²) in [6.45, 7) is 0.114. The summed E-state index contributed by atoms with van der Waals surface area (Å²) >= 11 is 6.01. The molecule has 0 atom stereocenters. The van der Waals surface area contributed by atoms with Crippen LogP contribution in [0, 0.1) is 0 Å². The van der Waals surface area contributed by atoms with Gasteiger partial charge in [0.2, 0.25) is 15.9 Å². The van der Waals surface area contributed by atoms with Gasteiger partial charge in [-0.3, -0.25) is 4.79 Å². The summed E-state index contributed by atoms with van der Waals surface area (Å²) in [5.74, 6) is 0.684. The number of methoxy groups -OCH3 is 1. The molecule has 0 fully saturated rings. The van der Waals surface area contributed by atoms with E-state index in [1.165, 1.54) is 17.7 Å². The SMILES string of the molecule is COc1ccc(NC(=O)CCN(Cc2ccco2)S(C)(=O)=O)cc1Cl. The van der Waals surface area contributed by atoms with E-state index in [1.54, 1.807) is 30.3 Å². The van der Waals surface area contributed by atoms with Crippen LogP contribution in [0.25, 0.3) is 0 Å². The van der Waals surface area contributed by atoms with Crippen molar-refractivity contribution in [2.45, 2.75) is 13.0 Å². The van der Waals surface area contributed by atoms with Gasteiger partial charge in [-0.2, -0.15) is 4.31 Å². The van der Waals surface area contributed by atoms with E-state index in [1.807, 2.05) is 0 Å². The second-order valence-corrected chi connectivity index (χ2v) is 7.71. The molecule has 2 aromatic rings. The summed E-state index contributed by atoms with van der Waals surface area (Å²) in [5.41, 5.74) is 0.507. The molecule has 2 rings (SSSR count). The molecule has 0 aliphatic heterocycles. The van der Waals surface area contributed by atoms with Gasteiger partial charge in [0.15, 0.2) is 0 Å². The van der Waals surface area contributed by atoms with Gasteiger partial charge in [0.1, 0.15) is 11.5 Å². The number of anilines is 1. The highest BCUT2D eigenvalue weighted by molar-refractivity contribution is 7.88. The van der Waals surface area contributed by atoms with Crippen LogP contribution in [0.3, 0.4) is 0 Å². The number of hydrogen-bond donors (Lipinski definition) is 1. The largest absolute Gasteiger partial charge is 0.495 e. The smallest absolute Gasteiger partial charge is 0.225 e. The van der Waals surface area contributed by atoms with Gasteiger partial charge in [0, 0.05) is 18.7 Å². The summed E-state index contributed by atoms with van der Waals surface area (Å²) < 4.78 is 35.1. The predicted octanol–water partition coefficient (Wildman–Crippen LogP) is 2.73. The lowest BCUT2D eigenvalue weighted by atomic mass is 10.3. The van der Waals surface area contributed by atoms with E-state index in [2.05, 4.69) is 5.32 Å². The Hall–Kier alpha value is -2.03. The number of carbonyl (C=O) groups excluding carboxylic acids is 1. The van der Waals surface area contributed by atoms with Crippen molar-refractivity contribution < 1.29 is 22.4 Å². The quantitative estimate of drug-likeness (QED) is 0.753. The third-order valence-electron chi connectivity index (χ3n) is 3.41. The Labute approximate surface area is 151 Å². The Morgan fingerprint density at radius 2 is 2.12 bits per heavy atom. The maximum absolute atomic E-state index is 12.1. The van der Waals surface area contributed by atoms with E-state index in [-0.39, 0.29) is 25.4 Å². The Balaban J connectivity index is 1.95. The monoisotopic (exact) mass is 386 g/mol. The van der Waals surface area contributed by atoms with E-state index in [9.17, 15) is 13.2 Å². The molecule has 0 aliphatic rings. The summed E-state index contributed by atoms with van der Waals surface area (Å²) in [6.07, 6.45) is 2.56. The minimum absolute atomic E-state index is 0.00255. The first kappa shape index (κ1) is 19.3. The van der Waals surface area contributed by atoms with E-state index < -0.39 is 10.0 Å². The van der Waals surface area contributed by atoms with Crippen LogP contribution in [0.5, 0.6) is 5.75 Å². The van der Waals surface area contributed by atoms with Crippen molar-refractivity contribution in [3.8, 4) is 5.75 Å². The van der Waals surface area contributed by atoms with Crippen molar-refractivity contribution in [3.05, 3.63) is 47.4 Å². The molecule has 9 heteroatoms. The number of nitrogens with one attached hydrogen (secondary N) is 1. The molecule has 1 amide bonds. The minimum Gasteiger partial charge on any atom is -0.495 e. The molecule has 1 aromatic carbocycles. The van der Waals surface area contributed by atoms with Crippen LogP contribution in [0.2, 0.25) is 5.02 Å². The molecule has 0 spiro atoms. The zero-order valence-electron chi connectivity index (χ0n) is 13.9. The molecule has 1 N–H and O–H groups in total. The number of sulfonamides is 1. The zero-order chi connectivity index (χ0) is 18.4. The number of rotatable bonds is 8. The van der Waals surface area contributed by atoms with Crippen LogP contribution in [0.1, 0.15) is 12.2 Å². The van der Waals surface area contributed by atoms with Gasteiger partial charge in [0.25, 0.3) is 0 Å². The third kappa shape index (κ3) is 5.77. The number of carbonyl (C=O) groups is 1. The highest BCUT2D eigenvalue weighted by Gasteiger charge is 2.19. The number of benzene rings is 1. The lowest BCUT2D eigenvalue weighted by Gasteiger charge is -2.18. The molecule has 0 aliphatic carbocycles. The lowest BCUT2D eigenvalue weighted by Crippen LogP contribution is -2.32. The highest BCUT2D eigenvalue weighted by atomic mass is 35.5. The van der Waals surface area contributed by atoms with E-state index in [4.69, 9.17) is 20.8 Å². The first-order chi connectivity index (χ1) is 11.8. The van der Waals surface area contributed by atoms with Crippen LogP contribution < -0.4 is 10.1 Å². The van der Waals surface area contributed by atoms with Crippen molar-refractivity contribution in [1.29, 1.82) is 0 Å². The van der Waals surface area contributed by atoms with E-state index in [0.717, 1.165) is 6.26 Å². The van der Waals surface area contributed by atoms with Crippen molar-refractivity contribution in [2.75, 3.05) is 25.2 Å². The lowest BCUT2D eigenvalue weighted by molar-refractivity contribution is -0.116. The number of hydrogen-bond acceptors (Lipinski definition) is 5. The topological polar surface area (TPSA) is 88.8 Å². The zero-order valence-corrected chi connectivity index (χ0v) is 15.4. The average molecular weight is 387 g/mol. The number of nitrogens with zero attached hydrogens (tertiary/aromatic N) is 1. The summed E-state index contributed by atoms with van der Waals surface area (Å²) in [6, 6.07) is 8.21. The van der Waals surface area contributed by atoms with Crippen molar-refractivity contribution >= 4 is 33.2 Å². The Morgan fingerprint density at radius 3 is 2.68 bits per heavy atom. The van der Waals surface area contributed by atoms with Gasteiger partial charge in [-0.1, -0.05) is 11.6 Å². The van der Waals surface area contributed by atoms with Crippen LogP contribution in [-0.2, 0) is 21.4 Å². The maximum atomic E-state index is 12.1. The fraction of sp³-hybridized carbons (Fsp3) is 0.312. The molecule has 0 radical (unpaired) electrons. The Bertz CT molecular complexity index is 821. The van der Waals surface area contributed by atoms with E-state index >= 15 is 0 Å². The van der Waals surface area contributed by atoms with Gasteiger partial charge >= 0.3 is 0 Å². The van der Waals surface area contributed by atoms with Gasteiger partial charge < -0.3 is 14.5 Å². The predicted molar refractivity (Wildman–Crippen MR) is 95.2 cm³/mol. The molecule has 0 saturated heterocycles. The van der Waals surface area contributed by atoms with Crippen LogP contribution in [0.15, 0.2) is 41.0 Å². The number of ether oxygens (including phenoxy) is 1. The first-order valence-corrected chi connectivity index (χ1v) is 9.63. The van der Waals surface area contributed by atoms with Gasteiger partial charge in [-0.05, 0) is 30.3 Å². The third-order valence-corrected chi connectivity index (χ3v) is 4.95. The normalized spacial score (nSPS) is 11.5. The summed E-state index contributed by atoms with van der Waals surface area (Å²) in [5, 5.41) is 3.05. The molecule has 25 heavy (non-hydrogen) atoms. The van der Waals surface area contributed by atoms with Crippen molar-refractivity contribution in [3.63, 3.8) is 0 Å². The second kappa shape index (κ2) is 8.37. The molecule has 7 nitrogen and oxygen atoms in total. The van der Waals surface area contributed by atoms with E-state index in [0.29, 0.717) is 22.2 Å². The van der Waals surface area contributed by atoms with Gasteiger partial charge in [0.05, 0.1) is 31.2 Å². The fourth-order valence-electron chi connectivity index (χ4n) is 2.13. The molecule has 136 valence electrons. The Kier molecular flexibility index (Phi) is 6.46.